The van der Waals surface area contributed by atoms with Gasteiger partial charge in [-0.05, 0) is 50.2 Å². The molecule has 1 aliphatic rings. The predicted molar refractivity (Wildman–Crippen MR) is 128 cm³/mol. The van der Waals surface area contributed by atoms with Gasteiger partial charge in [-0.3, -0.25) is 9.52 Å². The van der Waals surface area contributed by atoms with E-state index in [1.807, 2.05) is 0 Å². The topological polar surface area (TPSA) is 156 Å². The Hall–Kier alpha value is -4.04. The summed E-state index contributed by atoms with van der Waals surface area (Å²) in [6, 6.07) is 12.8. The first-order chi connectivity index (χ1) is 16.8. The molecule has 1 aliphatic heterocycles. The maximum atomic E-state index is 13.0. The Labute approximate surface area is 204 Å². The Bertz CT molecular complexity index is 1400. The molecule has 0 aliphatic carbocycles. The number of benzene rings is 2. The maximum Gasteiger partial charge on any atom is 0.357 e. The Morgan fingerprint density at radius 3 is 2.49 bits per heavy atom. The van der Waals surface area contributed by atoms with Gasteiger partial charge in [-0.1, -0.05) is 29.5 Å². The van der Waals surface area contributed by atoms with Crippen molar-refractivity contribution in [2.45, 2.75) is 24.8 Å². The van der Waals surface area contributed by atoms with E-state index >= 15 is 0 Å². The van der Waals surface area contributed by atoms with E-state index in [0.29, 0.717) is 10.7 Å². The summed E-state index contributed by atoms with van der Waals surface area (Å²) in [5.41, 5.74) is 0.537. The fourth-order valence-corrected chi connectivity index (χ4v) is 4.81. The zero-order valence-corrected chi connectivity index (χ0v) is 20.2. The largest absolute Gasteiger partial charge is 0.461 e. The molecule has 0 saturated heterocycles. The van der Waals surface area contributed by atoms with Crippen molar-refractivity contribution in [3.63, 3.8) is 0 Å². The second-order valence-electron chi connectivity index (χ2n) is 7.03. The van der Waals surface area contributed by atoms with Gasteiger partial charge in [0, 0.05) is 0 Å². The van der Waals surface area contributed by atoms with Crippen LogP contribution in [-0.4, -0.2) is 48.9 Å². The molecule has 0 unspecified atom stereocenters. The molecule has 1 atom stereocenters. The van der Waals surface area contributed by atoms with Crippen LogP contribution >= 0.6 is 11.3 Å². The number of rotatable bonds is 8. The molecule has 1 amide bonds. The molecule has 2 aromatic carbocycles. The van der Waals surface area contributed by atoms with E-state index < -0.39 is 27.9 Å². The van der Waals surface area contributed by atoms with E-state index in [1.54, 1.807) is 44.2 Å². The summed E-state index contributed by atoms with van der Waals surface area (Å²) in [6.07, 6.45) is 0. The number of carbonyl (C=O) groups is 2. The van der Waals surface area contributed by atoms with Crippen LogP contribution in [0.4, 0.5) is 16.5 Å². The van der Waals surface area contributed by atoms with Gasteiger partial charge < -0.3 is 4.74 Å². The Morgan fingerprint density at radius 2 is 1.86 bits per heavy atom. The number of nitrogens with one attached hydrogen (secondary N) is 1. The summed E-state index contributed by atoms with van der Waals surface area (Å²) in [4.78, 5) is 25.3. The van der Waals surface area contributed by atoms with Crippen molar-refractivity contribution in [2.75, 3.05) is 16.3 Å². The van der Waals surface area contributed by atoms with Gasteiger partial charge in [0.15, 0.2) is 5.71 Å². The molecular formula is C21H19N7O5S2. The van der Waals surface area contributed by atoms with Crippen molar-refractivity contribution >= 4 is 55.5 Å². The van der Waals surface area contributed by atoms with Crippen LogP contribution in [0.15, 0.2) is 74.8 Å². The Kier molecular flexibility index (Phi) is 6.93. The minimum absolute atomic E-state index is 0.0229. The highest BCUT2D eigenvalue weighted by molar-refractivity contribution is 7.93. The zero-order valence-electron chi connectivity index (χ0n) is 18.5. The fraction of sp³-hybridized carbons (Fsp3) is 0.190. The number of anilines is 2. The number of aromatic nitrogens is 2. The Morgan fingerprint density at radius 1 is 1.14 bits per heavy atom. The lowest BCUT2D eigenvalue weighted by Gasteiger charge is -2.11. The van der Waals surface area contributed by atoms with Crippen LogP contribution in [0.5, 0.6) is 0 Å². The van der Waals surface area contributed by atoms with Crippen LogP contribution in [0.3, 0.4) is 0 Å². The summed E-state index contributed by atoms with van der Waals surface area (Å²) in [5.74, 6) is -1.35. The number of hydrazone groups is 1. The van der Waals surface area contributed by atoms with Crippen molar-refractivity contribution in [3.05, 3.63) is 59.6 Å². The number of amides is 1. The number of azo groups is 1. The van der Waals surface area contributed by atoms with Crippen LogP contribution in [0, 0.1) is 6.92 Å². The second-order valence-corrected chi connectivity index (χ2v) is 9.90. The molecule has 1 N–H and O–H groups in total. The molecule has 0 bridgehead atoms. The number of ether oxygens (including phenoxy) is 1. The first-order valence-corrected chi connectivity index (χ1v) is 12.6. The highest BCUT2D eigenvalue weighted by Crippen LogP contribution is 2.25. The predicted octanol–water partition coefficient (Wildman–Crippen LogP) is 3.07. The number of hydrogen-bond donors (Lipinski definition) is 1. The molecular weight excluding hydrogens is 494 g/mol. The van der Waals surface area contributed by atoms with Crippen molar-refractivity contribution < 1.29 is 22.7 Å². The number of nitrogens with zero attached hydrogens (tertiary/aromatic N) is 6. The summed E-state index contributed by atoms with van der Waals surface area (Å²) >= 11 is 1.11. The van der Waals surface area contributed by atoms with E-state index in [-0.39, 0.29) is 28.0 Å². The molecule has 2 heterocycles. The van der Waals surface area contributed by atoms with Gasteiger partial charge in [-0.2, -0.15) is 20.3 Å². The smallest absolute Gasteiger partial charge is 0.357 e. The van der Waals surface area contributed by atoms with Gasteiger partial charge >= 0.3 is 5.97 Å². The first-order valence-electron chi connectivity index (χ1n) is 10.3. The SMILES string of the molecule is CCOC(=O)C1=NN(c2ccccc2)C(=O)[C@@H]1N=Nc1ccc(S(=O)(=O)Nc2nnc(C)s2)cc1. The van der Waals surface area contributed by atoms with Crippen molar-refractivity contribution in [3.8, 4) is 0 Å². The molecule has 0 spiro atoms. The Balaban J connectivity index is 1.54. The average Bonchev–Trinajstić information content (AvgIpc) is 3.40. The van der Waals surface area contributed by atoms with Crippen molar-refractivity contribution in [1.29, 1.82) is 0 Å². The van der Waals surface area contributed by atoms with E-state index in [2.05, 4.69) is 30.2 Å². The molecule has 3 aromatic rings. The summed E-state index contributed by atoms with van der Waals surface area (Å²) in [6.45, 7) is 3.45. The summed E-state index contributed by atoms with van der Waals surface area (Å²) in [7, 11) is -3.88. The minimum Gasteiger partial charge on any atom is -0.461 e. The molecule has 180 valence electrons. The summed E-state index contributed by atoms with van der Waals surface area (Å²) in [5, 5.41) is 21.5. The van der Waals surface area contributed by atoms with Gasteiger partial charge in [0.1, 0.15) is 5.01 Å². The highest BCUT2D eigenvalue weighted by atomic mass is 32.2. The fourth-order valence-electron chi connectivity index (χ4n) is 2.99. The summed E-state index contributed by atoms with van der Waals surface area (Å²) < 4.78 is 32.4. The monoisotopic (exact) mass is 513 g/mol. The number of sulfonamides is 1. The van der Waals surface area contributed by atoms with Gasteiger partial charge in [0.05, 0.1) is 22.9 Å². The molecule has 0 saturated carbocycles. The lowest BCUT2D eigenvalue weighted by atomic mass is 10.2. The van der Waals surface area contributed by atoms with Gasteiger partial charge in [-0.25, -0.2) is 13.2 Å². The van der Waals surface area contributed by atoms with Crippen LogP contribution in [0.25, 0.3) is 0 Å². The lowest BCUT2D eigenvalue weighted by Crippen LogP contribution is -2.33. The maximum absolute atomic E-state index is 13.0. The van der Waals surface area contributed by atoms with Crippen molar-refractivity contribution in [1.82, 2.24) is 10.2 Å². The third-order valence-electron chi connectivity index (χ3n) is 4.58. The van der Waals surface area contributed by atoms with Crippen LogP contribution in [-0.2, 0) is 24.3 Å². The van der Waals surface area contributed by atoms with Crippen LogP contribution < -0.4 is 9.73 Å². The number of aryl methyl sites for hydroxylation is 1. The molecule has 0 radical (unpaired) electrons. The van der Waals surface area contributed by atoms with Gasteiger partial charge in [0.2, 0.25) is 11.2 Å². The second kappa shape index (κ2) is 10.1. The quantitative estimate of drug-likeness (QED) is 0.358. The van der Waals surface area contributed by atoms with E-state index in [0.717, 1.165) is 16.3 Å². The zero-order chi connectivity index (χ0) is 25.0. The number of esters is 1. The van der Waals surface area contributed by atoms with E-state index in [1.165, 1.54) is 24.3 Å². The van der Waals surface area contributed by atoms with Gasteiger partial charge in [-0.15, -0.1) is 10.2 Å². The third-order valence-corrected chi connectivity index (χ3v) is 6.82. The minimum atomic E-state index is -3.88. The molecule has 4 rings (SSSR count). The molecule has 12 nitrogen and oxygen atoms in total. The van der Waals surface area contributed by atoms with Crippen LogP contribution in [0.1, 0.15) is 11.9 Å². The van der Waals surface area contributed by atoms with Gasteiger partial charge in [0.25, 0.3) is 15.9 Å². The third kappa shape index (κ3) is 5.38. The van der Waals surface area contributed by atoms with E-state index in [4.69, 9.17) is 4.74 Å². The number of carbonyl (C=O) groups excluding carboxylic acids is 2. The number of hydrogen-bond acceptors (Lipinski definition) is 11. The highest BCUT2D eigenvalue weighted by Gasteiger charge is 2.41. The normalized spacial score (nSPS) is 15.9. The molecule has 14 heteroatoms. The molecule has 35 heavy (non-hydrogen) atoms. The average molecular weight is 514 g/mol. The standard InChI is InChI=1S/C21H19N7O5S2/c1-3-33-20(30)18-17(19(29)28(26-18)15-7-5-4-6-8-15)24-23-14-9-11-16(12-10-14)35(31,32)27-21-25-22-13(2)34-21/h4-12,17H,3H2,1-2H3,(H,25,27)/t17-/m1/s1. The molecule has 1 aromatic heterocycles. The van der Waals surface area contributed by atoms with E-state index in [9.17, 15) is 18.0 Å². The first kappa shape index (κ1) is 24.1. The van der Waals surface area contributed by atoms with Crippen LogP contribution in [0.2, 0.25) is 0 Å². The number of para-hydroxylation sites is 1. The molecule has 0 fully saturated rings. The lowest BCUT2D eigenvalue weighted by molar-refractivity contribution is -0.135. The van der Waals surface area contributed by atoms with Crippen molar-refractivity contribution in [2.24, 2.45) is 15.3 Å².